The number of carboxylic acid groups (broad SMARTS) is 1. The molecule has 2 rings (SSSR count). The molecule has 1 N–H and O–H groups in total. The van der Waals surface area contributed by atoms with Crippen molar-refractivity contribution in [1.82, 2.24) is 4.98 Å². The first-order valence-electron chi connectivity index (χ1n) is 4.93. The third-order valence-corrected chi connectivity index (χ3v) is 2.36. The van der Waals surface area contributed by atoms with Crippen LogP contribution in [0.15, 0.2) is 28.9 Å². The normalized spacial score (nSPS) is 10.3. The summed E-state index contributed by atoms with van der Waals surface area (Å²) >= 11 is 0. The van der Waals surface area contributed by atoms with Gasteiger partial charge in [-0.1, -0.05) is 0 Å². The maximum absolute atomic E-state index is 10.7. The van der Waals surface area contributed by atoms with E-state index in [4.69, 9.17) is 9.52 Å². The van der Waals surface area contributed by atoms with Crippen LogP contribution in [0.2, 0.25) is 0 Å². The summed E-state index contributed by atoms with van der Waals surface area (Å²) in [5.41, 5.74) is 0.725. The standard InChI is InChI=1S/C11H8N2O5/c1-6-4-7(2-3-9(6)13(16)17)10-12-8(5-18-10)11(14)15/h2-5H,1H3,(H,14,15). The van der Waals surface area contributed by atoms with Gasteiger partial charge in [-0.2, -0.15) is 0 Å². The zero-order valence-corrected chi connectivity index (χ0v) is 9.28. The second kappa shape index (κ2) is 4.28. The molecule has 1 heterocycles. The molecule has 0 aliphatic carbocycles. The van der Waals surface area contributed by atoms with Crippen LogP contribution in [0.5, 0.6) is 0 Å². The average molecular weight is 248 g/mol. The van der Waals surface area contributed by atoms with Gasteiger partial charge in [0, 0.05) is 17.2 Å². The van der Waals surface area contributed by atoms with E-state index in [1.807, 2.05) is 0 Å². The fourth-order valence-electron chi connectivity index (χ4n) is 1.50. The highest BCUT2D eigenvalue weighted by Gasteiger charge is 2.15. The van der Waals surface area contributed by atoms with Gasteiger partial charge in [0.05, 0.1) is 4.92 Å². The largest absolute Gasteiger partial charge is 0.476 e. The Morgan fingerprint density at radius 3 is 2.72 bits per heavy atom. The minimum absolute atomic E-state index is 0.0104. The monoisotopic (exact) mass is 248 g/mol. The van der Waals surface area contributed by atoms with Crippen LogP contribution in [-0.4, -0.2) is 21.0 Å². The number of nitrogens with zero attached hydrogens (tertiary/aromatic N) is 2. The van der Waals surface area contributed by atoms with Crippen molar-refractivity contribution < 1.29 is 19.2 Å². The number of benzene rings is 1. The number of nitro groups is 1. The SMILES string of the molecule is Cc1cc(-c2nc(C(=O)O)co2)ccc1[N+](=O)[O-]. The fraction of sp³-hybridized carbons (Fsp3) is 0.0909. The van der Waals surface area contributed by atoms with Crippen molar-refractivity contribution >= 4 is 11.7 Å². The molecule has 0 unspecified atom stereocenters. The molecule has 18 heavy (non-hydrogen) atoms. The lowest BCUT2D eigenvalue weighted by atomic mass is 10.1. The summed E-state index contributed by atoms with van der Waals surface area (Å²) in [7, 11) is 0. The van der Waals surface area contributed by atoms with Gasteiger partial charge in [0.15, 0.2) is 5.69 Å². The van der Waals surface area contributed by atoms with Gasteiger partial charge in [-0.3, -0.25) is 10.1 Å². The quantitative estimate of drug-likeness (QED) is 0.659. The second-order valence-electron chi connectivity index (χ2n) is 3.60. The van der Waals surface area contributed by atoms with E-state index in [1.165, 1.54) is 18.2 Å². The number of rotatable bonds is 3. The van der Waals surface area contributed by atoms with Gasteiger partial charge < -0.3 is 9.52 Å². The van der Waals surface area contributed by atoms with Gasteiger partial charge in [-0.05, 0) is 19.1 Å². The number of hydrogen-bond acceptors (Lipinski definition) is 5. The molecular weight excluding hydrogens is 240 g/mol. The Morgan fingerprint density at radius 1 is 1.50 bits per heavy atom. The molecular formula is C11H8N2O5. The maximum atomic E-state index is 10.7. The van der Waals surface area contributed by atoms with Gasteiger partial charge in [0.2, 0.25) is 5.89 Å². The average Bonchev–Trinajstić information content (AvgIpc) is 2.77. The number of oxazole rings is 1. The molecule has 92 valence electrons. The first-order chi connectivity index (χ1) is 8.49. The fourth-order valence-corrected chi connectivity index (χ4v) is 1.50. The minimum atomic E-state index is -1.19. The summed E-state index contributed by atoms with van der Waals surface area (Å²) in [5, 5.41) is 19.4. The summed E-state index contributed by atoms with van der Waals surface area (Å²) in [6.07, 6.45) is 1.02. The highest BCUT2D eigenvalue weighted by atomic mass is 16.6. The predicted molar refractivity (Wildman–Crippen MR) is 60.3 cm³/mol. The first-order valence-corrected chi connectivity index (χ1v) is 4.93. The van der Waals surface area contributed by atoms with Crippen LogP contribution in [0.4, 0.5) is 5.69 Å². The van der Waals surface area contributed by atoms with E-state index in [-0.39, 0.29) is 17.3 Å². The Labute approximate surface area is 101 Å². The Balaban J connectivity index is 2.42. The van der Waals surface area contributed by atoms with Gasteiger partial charge in [0.1, 0.15) is 6.26 Å². The van der Waals surface area contributed by atoms with Crippen molar-refractivity contribution in [3.63, 3.8) is 0 Å². The number of aromatic nitrogens is 1. The zero-order chi connectivity index (χ0) is 13.3. The predicted octanol–water partition coefficient (Wildman–Crippen LogP) is 2.26. The van der Waals surface area contributed by atoms with Gasteiger partial charge in [0.25, 0.3) is 5.69 Å². The van der Waals surface area contributed by atoms with Gasteiger partial charge in [-0.25, -0.2) is 9.78 Å². The number of carboxylic acids is 1. The Kier molecular flexibility index (Phi) is 2.80. The van der Waals surface area contributed by atoms with Crippen LogP contribution >= 0.6 is 0 Å². The Morgan fingerprint density at radius 2 is 2.22 bits per heavy atom. The van der Waals surface area contributed by atoms with Crippen LogP contribution in [-0.2, 0) is 0 Å². The Bertz CT molecular complexity index is 632. The molecule has 0 bridgehead atoms. The van der Waals surface area contributed by atoms with Crippen LogP contribution in [0.1, 0.15) is 16.1 Å². The van der Waals surface area contributed by atoms with Crippen molar-refractivity contribution in [3.8, 4) is 11.5 Å². The van der Waals surface area contributed by atoms with Crippen molar-refractivity contribution in [3.05, 3.63) is 45.8 Å². The van der Waals surface area contributed by atoms with E-state index in [2.05, 4.69) is 4.98 Å². The number of aromatic carboxylic acids is 1. The summed E-state index contributed by atoms with van der Waals surface area (Å²) in [6.45, 7) is 1.59. The summed E-state index contributed by atoms with van der Waals surface area (Å²) in [5.74, 6) is -1.07. The molecule has 0 aliphatic heterocycles. The summed E-state index contributed by atoms with van der Waals surface area (Å²) < 4.78 is 5.01. The molecule has 7 heteroatoms. The molecule has 2 aromatic rings. The van der Waals surface area contributed by atoms with Crippen molar-refractivity contribution in [2.45, 2.75) is 6.92 Å². The van der Waals surface area contributed by atoms with Gasteiger partial charge in [-0.15, -0.1) is 0 Å². The lowest BCUT2D eigenvalue weighted by Gasteiger charge is -1.99. The first kappa shape index (κ1) is 11.8. The van der Waals surface area contributed by atoms with E-state index in [0.717, 1.165) is 6.26 Å². The van der Waals surface area contributed by atoms with Crippen LogP contribution in [0, 0.1) is 17.0 Å². The third-order valence-electron chi connectivity index (χ3n) is 2.36. The molecule has 0 aliphatic rings. The molecule has 0 spiro atoms. The second-order valence-corrected chi connectivity index (χ2v) is 3.60. The van der Waals surface area contributed by atoms with Crippen LogP contribution in [0.3, 0.4) is 0 Å². The van der Waals surface area contributed by atoms with E-state index in [9.17, 15) is 14.9 Å². The Hall–Kier alpha value is -2.70. The molecule has 1 aromatic carbocycles. The lowest BCUT2D eigenvalue weighted by molar-refractivity contribution is -0.385. The molecule has 0 atom stereocenters. The number of aryl methyl sites for hydroxylation is 1. The van der Waals surface area contributed by atoms with E-state index >= 15 is 0 Å². The minimum Gasteiger partial charge on any atom is -0.476 e. The van der Waals surface area contributed by atoms with Gasteiger partial charge >= 0.3 is 5.97 Å². The van der Waals surface area contributed by atoms with Crippen LogP contribution < -0.4 is 0 Å². The van der Waals surface area contributed by atoms with Crippen molar-refractivity contribution in [2.24, 2.45) is 0 Å². The van der Waals surface area contributed by atoms with Crippen molar-refractivity contribution in [1.29, 1.82) is 0 Å². The number of nitro benzene ring substituents is 1. The summed E-state index contributed by atoms with van der Waals surface area (Å²) in [6, 6.07) is 4.31. The van der Waals surface area contributed by atoms with Crippen LogP contribution in [0.25, 0.3) is 11.5 Å². The molecule has 0 fully saturated rings. The zero-order valence-electron chi connectivity index (χ0n) is 9.28. The topological polar surface area (TPSA) is 106 Å². The number of hydrogen-bond donors (Lipinski definition) is 1. The molecule has 7 nitrogen and oxygen atoms in total. The van der Waals surface area contributed by atoms with Crippen molar-refractivity contribution in [2.75, 3.05) is 0 Å². The molecule has 0 radical (unpaired) electrons. The lowest BCUT2D eigenvalue weighted by Crippen LogP contribution is -1.96. The van der Waals surface area contributed by atoms with E-state index < -0.39 is 10.9 Å². The summed E-state index contributed by atoms with van der Waals surface area (Å²) in [4.78, 5) is 24.6. The molecule has 0 saturated heterocycles. The molecule has 1 aromatic heterocycles. The molecule has 0 amide bonds. The highest BCUT2D eigenvalue weighted by molar-refractivity contribution is 5.85. The maximum Gasteiger partial charge on any atom is 0.357 e. The smallest absolute Gasteiger partial charge is 0.357 e. The van der Waals surface area contributed by atoms with E-state index in [0.29, 0.717) is 11.1 Å². The number of carbonyl (C=O) groups is 1. The highest BCUT2D eigenvalue weighted by Crippen LogP contribution is 2.25. The third kappa shape index (κ3) is 2.05. The van der Waals surface area contributed by atoms with E-state index in [1.54, 1.807) is 6.92 Å². The molecule has 0 saturated carbocycles.